The van der Waals surface area contributed by atoms with Crippen LogP contribution in [0.15, 0.2) is 77.3 Å². The summed E-state index contributed by atoms with van der Waals surface area (Å²) < 4.78 is 0.907. The molecule has 2 amide bonds. The van der Waals surface area contributed by atoms with Crippen LogP contribution in [0.3, 0.4) is 0 Å². The summed E-state index contributed by atoms with van der Waals surface area (Å²) in [6.07, 6.45) is -0.863. The Morgan fingerprint density at radius 2 is 1.52 bits per heavy atom. The van der Waals surface area contributed by atoms with E-state index < -0.39 is 18.1 Å². The van der Waals surface area contributed by atoms with Crippen LogP contribution in [0.2, 0.25) is 0 Å². The van der Waals surface area contributed by atoms with Gasteiger partial charge in [0.1, 0.15) is 5.92 Å². The van der Waals surface area contributed by atoms with E-state index in [1.54, 1.807) is 5.06 Å². The van der Waals surface area contributed by atoms with Gasteiger partial charge in [-0.3, -0.25) is 14.4 Å². The standard InChI is InChI=1S/C25H21BrN2O3/c1-15-11-16(2)13-20(12-15)27-24(29)21-22(17-7-6-8-18(26)14-17)28(31-23(21)25(27)30)19-9-4-3-5-10-19/h3-14,21-23H,1-2H3/t21-,22-,23-/m1/s1. The topological polar surface area (TPSA) is 49.9 Å². The zero-order valence-corrected chi connectivity index (χ0v) is 18.7. The number of hydrogen-bond acceptors (Lipinski definition) is 4. The normalized spacial score (nSPS) is 22.9. The molecule has 0 unspecified atom stereocenters. The van der Waals surface area contributed by atoms with Crippen molar-refractivity contribution in [2.45, 2.75) is 26.0 Å². The Bertz CT molecular complexity index is 1160. The number of hydrogen-bond donors (Lipinski definition) is 0. The quantitative estimate of drug-likeness (QED) is 0.492. The van der Waals surface area contributed by atoms with E-state index in [0.29, 0.717) is 5.69 Å². The Morgan fingerprint density at radius 3 is 2.19 bits per heavy atom. The Morgan fingerprint density at radius 1 is 0.806 bits per heavy atom. The first kappa shape index (κ1) is 20.0. The highest BCUT2D eigenvalue weighted by Crippen LogP contribution is 2.47. The molecule has 0 saturated carbocycles. The highest BCUT2D eigenvalue weighted by atomic mass is 79.9. The Labute approximate surface area is 189 Å². The number of para-hydroxylation sites is 1. The fourth-order valence-electron chi connectivity index (χ4n) is 4.58. The van der Waals surface area contributed by atoms with E-state index in [2.05, 4.69) is 15.9 Å². The predicted octanol–water partition coefficient (Wildman–Crippen LogP) is 5.12. The summed E-state index contributed by atoms with van der Waals surface area (Å²) in [6, 6.07) is 22.7. The van der Waals surface area contributed by atoms with E-state index in [1.807, 2.05) is 86.6 Å². The highest BCUT2D eigenvalue weighted by molar-refractivity contribution is 9.10. The largest absolute Gasteiger partial charge is 0.273 e. The predicted molar refractivity (Wildman–Crippen MR) is 123 cm³/mol. The zero-order valence-electron chi connectivity index (χ0n) is 17.2. The van der Waals surface area contributed by atoms with Crippen LogP contribution in [0, 0.1) is 19.8 Å². The molecule has 2 aliphatic rings. The number of carbonyl (C=O) groups excluding carboxylic acids is 2. The van der Waals surface area contributed by atoms with Gasteiger partial charge in [-0.2, -0.15) is 0 Å². The monoisotopic (exact) mass is 476 g/mol. The van der Waals surface area contributed by atoms with Gasteiger partial charge in [-0.1, -0.05) is 52.3 Å². The maximum atomic E-state index is 13.7. The van der Waals surface area contributed by atoms with Gasteiger partial charge in [0.15, 0.2) is 6.10 Å². The molecule has 0 aromatic heterocycles. The van der Waals surface area contributed by atoms with Crippen molar-refractivity contribution in [2.75, 3.05) is 9.96 Å². The van der Waals surface area contributed by atoms with Crippen molar-refractivity contribution in [1.82, 2.24) is 0 Å². The van der Waals surface area contributed by atoms with Crippen LogP contribution < -0.4 is 9.96 Å². The first-order valence-corrected chi connectivity index (χ1v) is 11.0. The number of nitrogens with zero attached hydrogens (tertiary/aromatic N) is 2. The third-order valence-electron chi connectivity index (χ3n) is 5.78. The molecule has 2 saturated heterocycles. The van der Waals surface area contributed by atoms with Crippen LogP contribution >= 0.6 is 15.9 Å². The minimum absolute atomic E-state index is 0.233. The number of rotatable bonds is 3. The first-order chi connectivity index (χ1) is 14.9. The fourth-order valence-corrected chi connectivity index (χ4v) is 4.99. The molecular formula is C25H21BrN2O3. The van der Waals surface area contributed by atoms with Gasteiger partial charge in [0.2, 0.25) is 5.91 Å². The van der Waals surface area contributed by atoms with E-state index >= 15 is 0 Å². The molecule has 0 aliphatic carbocycles. The average molecular weight is 477 g/mol. The Balaban J connectivity index is 1.60. The van der Waals surface area contributed by atoms with Crippen molar-refractivity contribution in [3.8, 4) is 0 Å². The summed E-state index contributed by atoms with van der Waals surface area (Å²) in [5.74, 6) is -1.19. The van der Waals surface area contributed by atoms with Crippen molar-refractivity contribution >= 4 is 39.1 Å². The molecule has 3 atom stereocenters. The second-order valence-corrected chi connectivity index (χ2v) is 8.99. The lowest BCUT2D eigenvalue weighted by molar-refractivity contribution is -0.126. The molecule has 6 heteroatoms. The van der Waals surface area contributed by atoms with Gasteiger partial charge in [0.25, 0.3) is 5.91 Å². The van der Waals surface area contributed by atoms with Gasteiger partial charge >= 0.3 is 0 Å². The molecule has 2 aliphatic heterocycles. The molecule has 156 valence electrons. The molecule has 0 N–H and O–H groups in total. The van der Waals surface area contributed by atoms with Gasteiger partial charge in [-0.05, 0) is 66.9 Å². The zero-order chi connectivity index (χ0) is 21.7. The summed E-state index contributed by atoms with van der Waals surface area (Å²) in [5.41, 5.74) is 4.32. The van der Waals surface area contributed by atoms with Crippen LogP contribution in [0.5, 0.6) is 0 Å². The van der Waals surface area contributed by atoms with Crippen LogP contribution in [-0.4, -0.2) is 17.9 Å². The van der Waals surface area contributed by atoms with E-state index in [4.69, 9.17) is 4.84 Å². The van der Waals surface area contributed by atoms with Gasteiger partial charge in [-0.15, -0.1) is 0 Å². The van der Waals surface area contributed by atoms with E-state index in [1.165, 1.54) is 4.90 Å². The number of aryl methyl sites for hydroxylation is 2. The molecule has 0 spiro atoms. The second kappa shape index (κ2) is 7.62. The maximum Gasteiger partial charge on any atom is 0.266 e. The second-order valence-electron chi connectivity index (χ2n) is 8.07. The fraction of sp³-hybridized carbons (Fsp3) is 0.200. The van der Waals surface area contributed by atoms with Gasteiger partial charge < -0.3 is 0 Å². The smallest absolute Gasteiger partial charge is 0.266 e. The van der Waals surface area contributed by atoms with Gasteiger partial charge in [0, 0.05) is 4.47 Å². The molecule has 2 heterocycles. The van der Waals surface area contributed by atoms with Crippen LogP contribution in [-0.2, 0) is 14.4 Å². The number of fused-ring (bicyclic) bond motifs is 1. The number of benzene rings is 3. The number of hydroxylamine groups is 1. The molecule has 5 nitrogen and oxygen atoms in total. The SMILES string of the molecule is Cc1cc(C)cc(N2C(=O)[C@@H]3[C@@H](c4cccc(Br)c4)N(c4ccccc4)O[C@H]3C2=O)c1. The van der Waals surface area contributed by atoms with Gasteiger partial charge in [0.05, 0.1) is 17.4 Å². The number of imide groups is 1. The number of carbonyl (C=O) groups is 2. The minimum atomic E-state index is -0.863. The molecule has 3 aromatic carbocycles. The third-order valence-corrected chi connectivity index (χ3v) is 6.27. The third kappa shape index (κ3) is 3.36. The maximum absolute atomic E-state index is 13.7. The average Bonchev–Trinajstić information content (AvgIpc) is 3.24. The minimum Gasteiger partial charge on any atom is -0.273 e. The summed E-state index contributed by atoms with van der Waals surface area (Å²) in [6.45, 7) is 3.92. The summed E-state index contributed by atoms with van der Waals surface area (Å²) >= 11 is 3.53. The van der Waals surface area contributed by atoms with Gasteiger partial charge in [-0.25, -0.2) is 9.96 Å². The lowest BCUT2D eigenvalue weighted by Crippen LogP contribution is -2.37. The number of anilines is 2. The Kier molecular flexibility index (Phi) is 4.91. The van der Waals surface area contributed by atoms with Crippen LogP contribution in [0.25, 0.3) is 0 Å². The van der Waals surface area contributed by atoms with E-state index in [9.17, 15) is 9.59 Å². The van der Waals surface area contributed by atoms with Crippen molar-refractivity contribution in [3.63, 3.8) is 0 Å². The molecule has 0 bridgehead atoms. The molecule has 2 fully saturated rings. The van der Waals surface area contributed by atoms with Crippen molar-refractivity contribution in [1.29, 1.82) is 0 Å². The highest BCUT2D eigenvalue weighted by Gasteiger charge is 2.60. The molecule has 3 aromatic rings. The van der Waals surface area contributed by atoms with E-state index in [-0.39, 0.29) is 11.8 Å². The van der Waals surface area contributed by atoms with Crippen molar-refractivity contribution in [2.24, 2.45) is 5.92 Å². The van der Waals surface area contributed by atoms with Crippen LogP contribution in [0.1, 0.15) is 22.7 Å². The summed E-state index contributed by atoms with van der Waals surface area (Å²) in [7, 11) is 0. The van der Waals surface area contributed by atoms with Crippen molar-refractivity contribution in [3.05, 3.63) is 94.0 Å². The molecular weight excluding hydrogens is 456 g/mol. The van der Waals surface area contributed by atoms with E-state index in [0.717, 1.165) is 26.9 Å². The Hall–Kier alpha value is -2.96. The molecule has 0 radical (unpaired) electrons. The lowest BCUT2D eigenvalue weighted by Gasteiger charge is -2.29. The first-order valence-electron chi connectivity index (χ1n) is 10.2. The molecule has 31 heavy (non-hydrogen) atoms. The lowest BCUT2D eigenvalue weighted by atomic mass is 9.90. The number of amides is 2. The van der Waals surface area contributed by atoms with Crippen molar-refractivity contribution < 1.29 is 14.4 Å². The molecule has 5 rings (SSSR count). The number of halogens is 1. The summed E-state index contributed by atoms with van der Waals surface area (Å²) in [5, 5.41) is 1.71. The summed E-state index contributed by atoms with van der Waals surface area (Å²) in [4.78, 5) is 34.5. The van der Waals surface area contributed by atoms with Crippen LogP contribution in [0.4, 0.5) is 11.4 Å².